The molecule has 8 heteroatoms. The van der Waals surface area contributed by atoms with Crippen molar-refractivity contribution in [2.75, 3.05) is 51.0 Å². The van der Waals surface area contributed by atoms with Crippen LogP contribution in [0.3, 0.4) is 0 Å². The molecule has 0 spiro atoms. The second-order valence-corrected chi connectivity index (χ2v) is 6.51. The van der Waals surface area contributed by atoms with Gasteiger partial charge >= 0.3 is 0 Å². The summed E-state index contributed by atoms with van der Waals surface area (Å²) in [6.07, 6.45) is 1.39. The van der Waals surface area contributed by atoms with Gasteiger partial charge in [-0.3, -0.25) is 4.79 Å². The van der Waals surface area contributed by atoms with Crippen LogP contribution in [0.1, 0.15) is 18.4 Å². The molecule has 26 heavy (non-hydrogen) atoms. The van der Waals surface area contributed by atoms with Gasteiger partial charge in [0.15, 0.2) is 0 Å². The fraction of sp³-hybridized carbons (Fsp3) is 0.611. The van der Waals surface area contributed by atoms with Crippen LogP contribution in [0.5, 0.6) is 0 Å². The number of nitrogens with two attached hydrogens (primary N) is 1. The fourth-order valence-corrected chi connectivity index (χ4v) is 3.42. The number of amides is 1. The van der Waals surface area contributed by atoms with E-state index in [4.69, 9.17) is 15.2 Å². The zero-order valence-corrected chi connectivity index (χ0v) is 16.6. The highest BCUT2D eigenvalue weighted by molar-refractivity contribution is 5.85. The van der Waals surface area contributed by atoms with Crippen molar-refractivity contribution in [2.45, 2.75) is 19.4 Å². The number of halogens is 2. The van der Waals surface area contributed by atoms with E-state index in [0.29, 0.717) is 39.1 Å². The largest absolute Gasteiger partial charge is 0.381 e. The summed E-state index contributed by atoms with van der Waals surface area (Å²) in [5, 5.41) is 3.11. The number of rotatable bonds is 5. The van der Waals surface area contributed by atoms with Crippen molar-refractivity contribution in [3.8, 4) is 0 Å². The zero-order valence-electron chi connectivity index (χ0n) is 14.9. The topological polar surface area (TPSA) is 76.8 Å². The third kappa shape index (κ3) is 5.24. The first-order chi connectivity index (χ1) is 11.7. The molecule has 0 aromatic heterocycles. The summed E-state index contributed by atoms with van der Waals surface area (Å²) in [4.78, 5) is 15.0. The molecule has 0 aliphatic carbocycles. The molecule has 3 rings (SSSR count). The number of hydrogen-bond donors (Lipinski definition) is 2. The molecular formula is C18H29Cl2N3O3. The third-order valence-electron chi connectivity index (χ3n) is 5.11. The van der Waals surface area contributed by atoms with Gasteiger partial charge in [0.25, 0.3) is 0 Å². The van der Waals surface area contributed by atoms with Gasteiger partial charge in [-0.05, 0) is 24.5 Å². The average molecular weight is 406 g/mol. The molecular weight excluding hydrogens is 377 g/mol. The maximum atomic E-state index is 12.7. The van der Waals surface area contributed by atoms with Crippen molar-refractivity contribution >= 4 is 36.4 Å². The van der Waals surface area contributed by atoms with Gasteiger partial charge in [0.2, 0.25) is 5.91 Å². The van der Waals surface area contributed by atoms with Crippen LogP contribution >= 0.6 is 24.8 Å². The summed E-state index contributed by atoms with van der Waals surface area (Å²) in [6, 6.07) is 8.23. The molecule has 0 saturated carbocycles. The molecule has 6 nitrogen and oxygen atoms in total. The number of carbonyl (C=O) groups excluding carboxylic acids is 1. The number of nitrogens with one attached hydrogen (secondary N) is 1. The molecule has 2 aliphatic heterocycles. The van der Waals surface area contributed by atoms with Crippen LogP contribution in [0.4, 0.5) is 5.69 Å². The Bertz CT molecular complexity index is 562. The summed E-state index contributed by atoms with van der Waals surface area (Å²) in [5.74, 6) is 0.0464. The van der Waals surface area contributed by atoms with E-state index in [-0.39, 0.29) is 30.7 Å². The summed E-state index contributed by atoms with van der Waals surface area (Å²) in [7, 11) is 0. The Kier molecular flexibility index (Phi) is 9.68. The summed E-state index contributed by atoms with van der Waals surface area (Å²) < 4.78 is 10.8. The summed E-state index contributed by atoms with van der Waals surface area (Å²) in [6.45, 7) is 5.37. The van der Waals surface area contributed by atoms with E-state index in [1.807, 2.05) is 12.1 Å². The summed E-state index contributed by atoms with van der Waals surface area (Å²) >= 11 is 0. The Hall–Kier alpha value is -1.05. The highest BCUT2D eigenvalue weighted by Crippen LogP contribution is 2.30. The lowest BCUT2D eigenvalue weighted by Gasteiger charge is -2.35. The highest BCUT2D eigenvalue weighted by Gasteiger charge is 2.38. The molecule has 1 aromatic rings. The van der Waals surface area contributed by atoms with Gasteiger partial charge in [0, 0.05) is 45.1 Å². The van der Waals surface area contributed by atoms with Gasteiger partial charge in [-0.15, -0.1) is 24.8 Å². The molecule has 2 aliphatic rings. The van der Waals surface area contributed by atoms with Gasteiger partial charge in [-0.25, -0.2) is 0 Å². The molecule has 3 N–H and O–H groups in total. The maximum absolute atomic E-state index is 12.7. The number of benzene rings is 1. The number of anilines is 1. The quantitative estimate of drug-likeness (QED) is 0.779. The smallest absolute Gasteiger partial charge is 0.227 e. The average Bonchev–Trinajstić information content (AvgIpc) is 2.67. The Labute approximate surface area is 167 Å². The molecule has 2 saturated heterocycles. The van der Waals surface area contributed by atoms with E-state index in [1.165, 1.54) is 5.69 Å². The minimum absolute atomic E-state index is 0. The van der Waals surface area contributed by atoms with E-state index >= 15 is 0 Å². The van der Waals surface area contributed by atoms with Crippen molar-refractivity contribution in [1.29, 1.82) is 0 Å². The Morgan fingerprint density at radius 1 is 1.08 bits per heavy atom. The highest BCUT2D eigenvalue weighted by atomic mass is 35.5. The Morgan fingerprint density at radius 3 is 2.35 bits per heavy atom. The van der Waals surface area contributed by atoms with Crippen molar-refractivity contribution in [3.05, 3.63) is 29.8 Å². The second-order valence-electron chi connectivity index (χ2n) is 6.51. The van der Waals surface area contributed by atoms with Crippen LogP contribution in [0.2, 0.25) is 0 Å². The minimum atomic E-state index is -0.480. The number of para-hydroxylation sites is 1. The number of ether oxygens (including phenoxy) is 2. The lowest BCUT2D eigenvalue weighted by molar-refractivity contribution is -0.136. The van der Waals surface area contributed by atoms with E-state index in [2.05, 4.69) is 22.3 Å². The molecule has 1 aromatic carbocycles. The van der Waals surface area contributed by atoms with E-state index in [0.717, 1.165) is 31.9 Å². The lowest BCUT2D eigenvalue weighted by Crippen LogP contribution is -2.49. The Balaban J connectivity index is 0.00000169. The van der Waals surface area contributed by atoms with Gasteiger partial charge < -0.3 is 25.4 Å². The fourth-order valence-electron chi connectivity index (χ4n) is 3.42. The van der Waals surface area contributed by atoms with Crippen LogP contribution in [0, 0.1) is 5.41 Å². The van der Waals surface area contributed by atoms with Crippen molar-refractivity contribution in [2.24, 2.45) is 11.1 Å². The molecule has 0 atom stereocenters. The molecule has 2 fully saturated rings. The van der Waals surface area contributed by atoms with Crippen LogP contribution in [-0.2, 0) is 20.8 Å². The van der Waals surface area contributed by atoms with E-state index in [1.54, 1.807) is 0 Å². The standard InChI is InChI=1S/C18H27N3O3.2ClH/c19-14-18(5-9-23-10-6-18)17(22)20-13-15-3-1-2-4-16(15)21-7-11-24-12-8-21;;/h1-4H,5-14,19H2,(H,20,22);2*1H. The monoisotopic (exact) mass is 405 g/mol. The van der Waals surface area contributed by atoms with Crippen LogP contribution in [-0.4, -0.2) is 52.0 Å². The van der Waals surface area contributed by atoms with Crippen molar-refractivity contribution < 1.29 is 14.3 Å². The third-order valence-corrected chi connectivity index (χ3v) is 5.11. The molecule has 0 radical (unpaired) electrons. The number of hydrogen-bond acceptors (Lipinski definition) is 5. The SMILES string of the molecule is Cl.Cl.NCC1(C(=O)NCc2ccccc2N2CCOCC2)CCOCC1. The van der Waals surface area contributed by atoms with Gasteiger partial charge in [-0.2, -0.15) is 0 Å². The second kappa shape index (κ2) is 10.9. The predicted octanol–water partition coefficient (Wildman–Crippen LogP) is 1.74. The van der Waals surface area contributed by atoms with Gasteiger partial charge in [0.05, 0.1) is 18.6 Å². The first-order valence-electron chi connectivity index (χ1n) is 8.72. The zero-order chi connectivity index (χ0) is 16.8. The van der Waals surface area contributed by atoms with Gasteiger partial charge in [0.1, 0.15) is 0 Å². The van der Waals surface area contributed by atoms with E-state index < -0.39 is 5.41 Å². The maximum Gasteiger partial charge on any atom is 0.227 e. The normalized spacial score (nSPS) is 19.0. The first-order valence-corrected chi connectivity index (χ1v) is 8.72. The number of carbonyl (C=O) groups is 1. The molecule has 0 unspecified atom stereocenters. The lowest BCUT2D eigenvalue weighted by atomic mass is 9.79. The minimum Gasteiger partial charge on any atom is -0.381 e. The molecule has 0 bridgehead atoms. The first kappa shape index (κ1) is 23.0. The van der Waals surface area contributed by atoms with E-state index in [9.17, 15) is 4.79 Å². The van der Waals surface area contributed by atoms with Crippen molar-refractivity contribution in [3.63, 3.8) is 0 Å². The van der Waals surface area contributed by atoms with Crippen molar-refractivity contribution in [1.82, 2.24) is 5.32 Å². The predicted molar refractivity (Wildman–Crippen MR) is 107 cm³/mol. The molecule has 1 amide bonds. The number of nitrogens with zero attached hydrogens (tertiary/aromatic N) is 1. The molecule has 148 valence electrons. The van der Waals surface area contributed by atoms with Crippen LogP contribution < -0.4 is 16.0 Å². The van der Waals surface area contributed by atoms with Crippen LogP contribution in [0.25, 0.3) is 0 Å². The summed E-state index contributed by atoms with van der Waals surface area (Å²) in [5.41, 5.74) is 7.74. The van der Waals surface area contributed by atoms with Gasteiger partial charge in [-0.1, -0.05) is 18.2 Å². The Morgan fingerprint density at radius 2 is 1.69 bits per heavy atom. The molecule has 2 heterocycles. The van der Waals surface area contributed by atoms with Crippen LogP contribution in [0.15, 0.2) is 24.3 Å². The number of morpholine rings is 1.